The number of ketones is 1. The Labute approximate surface area is 153 Å². The van der Waals surface area contributed by atoms with Crippen LogP contribution in [0.2, 0.25) is 0 Å². The second-order valence-corrected chi connectivity index (χ2v) is 7.89. The molecule has 0 aliphatic rings. The Balaban J connectivity index is 3.33. The number of Topliss-reactive ketones (excluding diaryl/α,β-unsaturated/α-hetero) is 1. The van der Waals surface area contributed by atoms with E-state index in [-0.39, 0.29) is 12.2 Å². The zero-order valence-electron chi connectivity index (χ0n) is 15.8. The molecule has 4 nitrogen and oxygen atoms in total. The second-order valence-electron chi connectivity index (χ2n) is 7.10. The number of methoxy groups -OCH3 is 1. The van der Waals surface area contributed by atoms with E-state index in [2.05, 4.69) is 15.9 Å². The molecule has 24 heavy (non-hydrogen) atoms. The largest absolute Gasteiger partial charge is 0.496 e. The van der Waals surface area contributed by atoms with Crippen molar-refractivity contribution in [3.8, 4) is 5.75 Å². The summed E-state index contributed by atoms with van der Waals surface area (Å²) in [5.41, 5.74) is 3.29. The van der Waals surface area contributed by atoms with Crippen LogP contribution in [0.3, 0.4) is 0 Å². The van der Waals surface area contributed by atoms with Crippen LogP contribution in [-0.2, 0) is 20.7 Å². The van der Waals surface area contributed by atoms with Crippen molar-refractivity contribution < 1.29 is 19.1 Å². The third-order valence-corrected chi connectivity index (χ3v) is 5.16. The number of carbonyl (C=O) groups excluding carboxylic acids is 2. The van der Waals surface area contributed by atoms with E-state index >= 15 is 0 Å². The van der Waals surface area contributed by atoms with E-state index in [1.54, 1.807) is 27.9 Å². The van der Waals surface area contributed by atoms with Gasteiger partial charge >= 0.3 is 5.97 Å². The Morgan fingerprint density at radius 3 is 2.04 bits per heavy atom. The molecule has 0 saturated carbocycles. The van der Waals surface area contributed by atoms with E-state index in [1.165, 1.54) is 6.92 Å². The van der Waals surface area contributed by atoms with E-state index in [9.17, 15) is 9.59 Å². The van der Waals surface area contributed by atoms with E-state index < -0.39 is 17.5 Å². The quantitative estimate of drug-likeness (QED) is 0.542. The zero-order chi connectivity index (χ0) is 18.8. The van der Waals surface area contributed by atoms with Crippen molar-refractivity contribution in [3.63, 3.8) is 0 Å². The van der Waals surface area contributed by atoms with E-state index in [1.807, 2.05) is 20.8 Å². The SMILES string of the molecule is COc1c(C)c(C)c(Br)c(CC(C(C)=O)C(=O)OC(C)(C)C)c1C. The van der Waals surface area contributed by atoms with E-state index in [4.69, 9.17) is 9.47 Å². The normalized spacial score (nSPS) is 12.7. The lowest BCUT2D eigenvalue weighted by molar-refractivity contribution is -0.161. The Morgan fingerprint density at radius 2 is 1.62 bits per heavy atom. The van der Waals surface area contributed by atoms with Crippen molar-refractivity contribution in [1.82, 2.24) is 0 Å². The third-order valence-electron chi connectivity index (χ3n) is 4.08. The molecule has 0 aliphatic carbocycles. The van der Waals surface area contributed by atoms with Crippen molar-refractivity contribution in [1.29, 1.82) is 0 Å². The standard InChI is InChI=1S/C19H27BrO4/c1-10-11(2)17(23-8)12(3)14(16(10)20)9-15(13(4)21)18(22)24-19(5,6)7/h15H,9H2,1-8H3. The molecule has 0 bridgehead atoms. The molecule has 5 heteroatoms. The number of rotatable bonds is 5. The molecule has 0 saturated heterocycles. The average Bonchev–Trinajstić information content (AvgIpc) is 2.43. The fourth-order valence-corrected chi connectivity index (χ4v) is 3.42. The van der Waals surface area contributed by atoms with Crippen LogP contribution in [0, 0.1) is 26.7 Å². The van der Waals surface area contributed by atoms with E-state index in [0.29, 0.717) is 0 Å². The maximum atomic E-state index is 12.4. The summed E-state index contributed by atoms with van der Waals surface area (Å²) in [5, 5.41) is 0. The molecule has 1 atom stereocenters. The van der Waals surface area contributed by atoms with Gasteiger partial charge in [0.2, 0.25) is 0 Å². The van der Waals surface area contributed by atoms with Gasteiger partial charge in [-0.3, -0.25) is 9.59 Å². The Hall–Kier alpha value is -1.36. The molecule has 0 aromatic heterocycles. The summed E-state index contributed by atoms with van der Waals surface area (Å²) in [6.45, 7) is 12.7. The fourth-order valence-electron chi connectivity index (χ4n) is 2.66. The molecule has 0 amide bonds. The van der Waals surface area contributed by atoms with Gasteiger partial charge in [0, 0.05) is 4.47 Å². The molecular formula is C19H27BrO4. The number of benzene rings is 1. The predicted molar refractivity (Wildman–Crippen MR) is 98.6 cm³/mol. The molecular weight excluding hydrogens is 372 g/mol. The Morgan fingerprint density at radius 1 is 1.08 bits per heavy atom. The summed E-state index contributed by atoms with van der Waals surface area (Å²) < 4.78 is 11.8. The van der Waals surface area contributed by atoms with Crippen LogP contribution in [0.4, 0.5) is 0 Å². The van der Waals surface area contributed by atoms with Crippen molar-refractivity contribution in [2.24, 2.45) is 5.92 Å². The zero-order valence-corrected chi connectivity index (χ0v) is 17.4. The Kier molecular flexibility index (Phi) is 6.62. The number of halogens is 1. The minimum Gasteiger partial charge on any atom is -0.496 e. The first-order chi connectivity index (χ1) is 10.9. The summed E-state index contributed by atoms with van der Waals surface area (Å²) in [4.78, 5) is 24.5. The van der Waals surface area contributed by atoms with E-state index in [0.717, 1.165) is 32.5 Å². The van der Waals surface area contributed by atoms with Gasteiger partial charge in [0.05, 0.1) is 7.11 Å². The van der Waals surface area contributed by atoms with Gasteiger partial charge in [0.15, 0.2) is 0 Å². The third kappa shape index (κ3) is 4.59. The summed E-state index contributed by atoms with van der Waals surface area (Å²) in [7, 11) is 1.63. The van der Waals surface area contributed by atoms with Gasteiger partial charge < -0.3 is 9.47 Å². The number of ether oxygens (including phenoxy) is 2. The first kappa shape index (κ1) is 20.7. The van der Waals surface area contributed by atoms with Crippen molar-refractivity contribution in [3.05, 3.63) is 26.7 Å². The van der Waals surface area contributed by atoms with Crippen LogP contribution in [0.1, 0.15) is 49.9 Å². The summed E-state index contributed by atoms with van der Waals surface area (Å²) in [6, 6.07) is 0. The maximum Gasteiger partial charge on any atom is 0.317 e. The highest BCUT2D eigenvalue weighted by molar-refractivity contribution is 9.10. The Bertz CT molecular complexity index is 657. The van der Waals surface area contributed by atoms with Crippen LogP contribution < -0.4 is 4.74 Å². The van der Waals surface area contributed by atoms with Gasteiger partial charge in [0.1, 0.15) is 23.1 Å². The first-order valence-corrected chi connectivity index (χ1v) is 8.75. The molecule has 0 N–H and O–H groups in total. The smallest absolute Gasteiger partial charge is 0.317 e. The molecule has 0 radical (unpaired) electrons. The monoisotopic (exact) mass is 398 g/mol. The molecule has 134 valence electrons. The molecule has 0 fully saturated rings. The molecule has 0 heterocycles. The summed E-state index contributed by atoms with van der Waals surface area (Å²) in [5.74, 6) is -0.727. The van der Waals surface area contributed by atoms with Gasteiger partial charge in [-0.05, 0) is 77.1 Å². The lowest BCUT2D eigenvalue weighted by atomic mass is 9.90. The fraction of sp³-hybridized carbons (Fsp3) is 0.579. The maximum absolute atomic E-state index is 12.4. The lowest BCUT2D eigenvalue weighted by Gasteiger charge is -2.24. The number of hydrogen-bond acceptors (Lipinski definition) is 4. The summed E-state index contributed by atoms with van der Waals surface area (Å²) >= 11 is 3.61. The van der Waals surface area contributed by atoms with Crippen LogP contribution in [0.15, 0.2) is 4.47 Å². The highest BCUT2D eigenvalue weighted by Gasteiger charge is 2.31. The van der Waals surface area contributed by atoms with Crippen LogP contribution >= 0.6 is 15.9 Å². The number of hydrogen-bond donors (Lipinski definition) is 0. The molecule has 0 spiro atoms. The second kappa shape index (κ2) is 7.68. The number of esters is 1. The van der Waals surface area contributed by atoms with Gasteiger partial charge in [-0.25, -0.2) is 0 Å². The summed E-state index contributed by atoms with van der Waals surface area (Å²) in [6.07, 6.45) is 0.286. The van der Waals surface area contributed by atoms with Gasteiger partial charge in [0.25, 0.3) is 0 Å². The molecule has 1 aromatic carbocycles. The number of carbonyl (C=O) groups is 2. The molecule has 0 aliphatic heterocycles. The predicted octanol–water partition coefficient (Wildman–Crippen LogP) is 4.47. The van der Waals surface area contributed by atoms with Crippen LogP contribution in [0.25, 0.3) is 0 Å². The van der Waals surface area contributed by atoms with Gasteiger partial charge in [-0.2, -0.15) is 0 Å². The first-order valence-electron chi connectivity index (χ1n) is 7.96. The molecule has 1 aromatic rings. The van der Waals surface area contributed by atoms with Crippen LogP contribution in [-0.4, -0.2) is 24.5 Å². The lowest BCUT2D eigenvalue weighted by Crippen LogP contribution is -2.33. The minimum atomic E-state index is -0.828. The van der Waals surface area contributed by atoms with Crippen molar-refractivity contribution in [2.75, 3.05) is 7.11 Å². The molecule has 1 rings (SSSR count). The van der Waals surface area contributed by atoms with Crippen molar-refractivity contribution >= 4 is 27.7 Å². The van der Waals surface area contributed by atoms with Crippen LogP contribution in [0.5, 0.6) is 5.75 Å². The van der Waals surface area contributed by atoms with Crippen molar-refractivity contribution in [2.45, 2.75) is 60.5 Å². The average molecular weight is 399 g/mol. The highest BCUT2D eigenvalue weighted by Crippen LogP contribution is 2.37. The van der Waals surface area contributed by atoms with Gasteiger partial charge in [-0.15, -0.1) is 0 Å². The molecule has 1 unspecified atom stereocenters. The topological polar surface area (TPSA) is 52.6 Å². The van der Waals surface area contributed by atoms with Gasteiger partial charge in [-0.1, -0.05) is 15.9 Å². The minimum absolute atomic E-state index is 0.201. The highest BCUT2D eigenvalue weighted by atomic mass is 79.9.